The van der Waals surface area contributed by atoms with Crippen LogP contribution in [0.1, 0.15) is 53.2 Å². The van der Waals surface area contributed by atoms with E-state index in [9.17, 15) is 4.79 Å². The standard InChI is InChI=1S/C25H21Cl2N5O/c1-14(2)31-23-21(30-24(31)17-10-11-28-29-13-17)25(33)32(20-12-19(27)7-4-15(20)3)22(23)16-5-8-18(26)9-6-16/h4-14,22H,1-3H3. The van der Waals surface area contributed by atoms with Gasteiger partial charge < -0.3 is 4.57 Å². The summed E-state index contributed by atoms with van der Waals surface area (Å²) in [6.07, 6.45) is 3.29. The van der Waals surface area contributed by atoms with E-state index >= 15 is 0 Å². The van der Waals surface area contributed by atoms with Crippen molar-refractivity contribution in [1.82, 2.24) is 19.7 Å². The third kappa shape index (κ3) is 3.59. The molecule has 0 radical (unpaired) electrons. The molecule has 0 N–H and O–H groups in total. The Labute approximate surface area is 201 Å². The molecule has 2 aromatic heterocycles. The van der Waals surface area contributed by atoms with Crippen LogP contribution in [-0.2, 0) is 0 Å². The highest BCUT2D eigenvalue weighted by Gasteiger charge is 2.45. The topological polar surface area (TPSA) is 63.9 Å². The average molecular weight is 478 g/mol. The SMILES string of the molecule is Cc1ccc(Cl)cc1N1C(=O)c2nc(-c3ccnnc3)n(C(C)C)c2C1c1ccc(Cl)cc1. The Morgan fingerprint density at radius 3 is 2.36 bits per heavy atom. The van der Waals surface area contributed by atoms with Crippen LogP contribution in [0.3, 0.4) is 0 Å². The highest BCUT2D eigenvalue weighted by atomic mass is 35.5. The van der Waals surface area contributed by atoms with E-state index in [1.807, 2.05) is 55.5 Å². The number of aromatic nitrogens is 4. The van der Waals surface area contributed by atoms with Crippen LogP contribution in [-0.4, -0.2) is 25.7 Å². The van der Waals surface area contributed by atoms with Gasteiger partial charge in [0.1, 0.15) is 11.9 Å². The number of fused-ring (bicyclic) bond motifs is 1. The van der Waals surface area contributed by atoms with Gasteiger partial charge in [0.15, 0.2) is 5.69 Å². The summed E-state index contributed by atoms with van der Waals surface area (Å²) in [5.74, 6) is 0.526. The second kappa shape index (κ2) is 8.28. The van der Waals surface area contributed by atoms with Gasteiger partial charge in [-0.05, 0) is 62.2 Å². The maximum atomic E-state index is 13.9. The molecule has 1 atom stereocenters. The fourth-order valence-electron chi connectivity index (χ4n) is 4.41. The van der Waals surface area contributed by atoms with E-state index in [2.05, 4.69) is 28.6 Å². The summed E-state index contributed by atoms with van der Waals surface area (Å²) in [5, 5.41) is 9.08. The number of halogens is 2. The van der Waals surface area contributed by atoms with E-state index in [4.69, 9.17) is 28.2 Å². The third-order valence-corrected chi connectivity index (χ3v) is 6.35. The molecule has 1 amide bonds. The largest absolute Gasteiger partial charge is 0.323 e. The van der Waals surface area contributed by atoms with E-state index in [1.165, 1.54) is 0 Å². The first kappa shape index (κ1) is 21.6. The number of benzene rings is 2. The Hall–Kier alpha value is -3.22. The lowest BCUT2D eigenvalue weighted by molar-refractivity contribution is 0.0989. The van der Waals surface area contributed by atoms with E-state index < -0.39 is 0 Å². The third-order valence-electron chi connectivity index (χ3n) is 5.86. The minimum Gasteiger partial charge on any atom is -0.323 e. The van der Waals surface area contributed by atoms with Gasteiger partial charge in [-0.1, -0.05) is 41.4 Å². The minimum absolute atomic E-state index is 0.0485. The van der Waals surface area contributed by atoms with E-state index in [-0.39, 0.29) is 18.0 Å². The fraction of sp³-hybridized carbons (Fsp3) is 0.200. The quantitative estimate of drug-likeness (QED) is 0.346. The molecule has 166 valence electrons. The molecule has 2 aromatic carbocycles. The Morgan fingerprint density at radius 2 is 1.70 bits per heavy atom. The van der Waals surface area contributed by atoms with Crippen LogP contribution in [0.5, 0.6) is 0 Å². The highest BCUT2D eigenvalue weighted by Crippen LogP contribution is 2.45. The number of aryl methyl sites for hydroxylation is 1. The number of nitrogens with zero attached hydrogens (tertiary/aromatic N) is 5. The Balaban J connectivity index is 1.79. The van der Waals surface area contributed by atoms with Crippen molar-refractivity contribution in [2.45, 2.75) is 32.9 Å². The molecule has 0 fully saturated rings. The summed E-state index contributed by atoms with van der Waals surface area (Å²) in [6.45, 7) is 6.13. The summed E-state index contributed by atoms with van der Waals surface area (Å²) in [6, 6.07) is 14.7. The van der Waals surface area contributed by atoms with Gasteiger partial charge in [-0.2, -0.15) is 10.2 Å². The van der Waals surface area contributed by atoms with Crippen LogP contribution in [0.25, 0.3) is 11.4 Å². The zero-order chi connectivity index (χ0) is 23.3. The molecule has 3 heterocycles. The molecule has 0 spiro atoms. The van der Waals surface area contributed by atoms with Crippen molar-refractivity contribution < 1.29 is 4.79 Å². The summed E-state index contributed by atoms with van der Waals surface area (Å²) in [4.78, 5) is 20.5. The van der Waals surface area contributed by atoms with Crippen molar-refractivity contribution in [2.75, 3.05) is 4.90 Å². The van der Waals surface area contributed by atoms with Crippen molar-refractivity contribution in [3.63, 3.8) is 0 Å². The molecular weight excluding hydrogens is 457 g/mol. The molecule has 33 heavy (non-hydrogen) atoms. The maximum Gasteiger partial charge on any atom is 0.279 e. The molecule has 0 bridgehead atoms. The Morgan fingerprint density at radius 1 is 0.970 bits per heavy atom. The zero-order valence-corrected chi connectivity index (χ0v) is 19.8. The molecule has 1 aliphatic heterocycles. The second-order valence-electron chi connectivity index (χ2n) is 8.32. The number of carbonyl (C=O) groups excluding carboxylic acids is 1. The number of carbonyl (C=O) groups is 1. The molecular formula is C25H21Cl2N5O. The molecule has 8 heteroatoms. The lowest BCUT2D eigenvalue weighted by atomic mass is 10.0. The van der Waals surface area contributed by atoms with Gasteiger partial charge in [-0.15, -0.1) is 0 Å². The van der Waals surface area contributed by atoms with Gasteiger partial charge >= 0.3 is 0 Å². The smallest absolute Gasteiger partial charge is 0.279 e. The van der Waals surface area contributed by atoms with Crippen molar-refractivity contribution >= 4 is 34.8 Å². The van der Waals surface area contributed by atoms with Gasteiger partial charge in [-0.25, -0.2) is 4.98 Å². The Kier molecular flexibility index (Phi) is 5.43. The molecule has 1 aliphatic rings. The van der Waals surface area contributed by atoms with Crippen LogP contribution in [0.2, 0.25) is 10.0 Å². The second-order valence-corrected chi connectivity index (χ2v) is 9.20. The Bertz CT molecular complexity index is 1350. The molecule has 0 aliphatic carbocycles. The summed E-state index contributed by atoms with van der Waals surface area (Å²) < 4.78 is 2.11. The lowest BCUT2D eigenvalue weighted by Crippen LogP contribution is -2.31. The number of amides is 1. The van der Waals surface area contributed by atoms with Crippen molar-refractivity contribution in [3.05, 3.63) is 93.5 Å². The molecule has 0 saturated carbocycles. The summed E-state index contributed by atoms with van der Waals surface area (Å²) >= 11 is 12.5. The van der Waals surface area contributed by atoms with Crippen molar-refractivity contribution in [3.8, 4) is 11.4 Å². The summed E-state index contributed by atoms with van der Waals surface area (Å²) in [7, 11) is 0. The number of imidazole rings is 1. The first-order valence-corrected chi connectivity index (χ1v) is 11.4. The van der Waals surface area contributed by atoms with Crippen LogP contribution >= 0.6 is 23.2 Å². The minimum atomic E-state index is -0.389. The lowest BCUT2D eigenvalue weighted by Gasteiger charge is -2.29. The first-order valence-electron chi connectivity index (χ1n) is 10.6. The van der Waals surface area contributed by atoms with Gasteiger partial charge in [-0.3, -0.25) is 9.69 Å². The zero-order valence-electron chi connectivity index (χ0n) is 18.3. The normalized spacial score (nSPS) is 15.4. The number of anilines is 1. The predicted molar refractivity (Wildman–Crippen MR) is 130 cm³/mol. The average Bonchev–Trinajstić information content (AvgIpc) is 3.32. The monoisotopic (exact) mass is 477 g/mol. The van der Waals surface area contributed by atoms with E-state index in [1.54, 1.807) is 17.3 Å². The number of rotatable bonds is 4. The van der Waals surface area contributed by atoms with Crippen molar-refractivity contribution in [2.24, 2.45) is 0 Å². The van der Waals surface area contributed by atoms with E-state index in [0.29, 0.717) is 21.6 Å². The van der Waals surface area contributed by atoms with E-state index in [0.717, 1.165) is 28.1 Å². The molecule has 1 unspecified atom stereocenters. The molecule has 6 nitrogen and oxygen atoms in total. The van der Waals surface area contributed by atoms with Gasteiger partial charge in [0.25, 0.3) is 5.91 Å². The molecule has 4 aromatic rings. The van der Waals surface area contributed by atoms with Crippen molar-refractivity contribution in [1.29, 1.82) is 0 Å². The highest BCUT2D eigenvalue weighted by molar-refractivity contribution is 6.31. The van der Waals surface area contributed by atoms with Crippen LogP contribution in [0.15, 0.2) is 60.9 Å². The molecule has 0 saturated heterocycles. The summed E-state index contributed by atoms with van der Waals surface area (Å²) in [5.41, 5.74) is 4.71. The van der Waals surface area contributed by atoms with Gasteiger partial charge in [0, 0.05) is 27.3 Å². The van der Waals surface area contributed by atoms with Gasteiger partial charge in [0.05, 0.1) is 18.1 Å². The number of hydrogen-bond donors (Lipinski definition) is 0. The van der Waals surface area contributed by atoms with Crippen LogP contribution in [0.4, 0.5) is 5.69 Å². The fourth-order valence-corrected chi connectivity index (χ4v) is 4.70. The first-order chi connectivity index (χ1) is 15.9. The maximum absolute atomic E-state index is 13.9. The van der Waals surface area contributed by atoms with Crippen LogP contribution in [0, 0.1) is 6.92 Å². The predicted octanol–water partition coefficient (Wildman–Crippen LogP) is 6.29. The number of hydrogen-bond acceptors (Lipinski definition) is 4. The molecule has 5 rings (SSSR count). The van der Waals surface area contributed by atoms with Crippen LogP contribution < -0.4 is 4.90 Å². The van der Waals surface area contributed by atoms with Gasteiger partial charge in [0.2, 0.25) is 0 Å².